The summed E-state index contributed by atoms with van der Waals surface area (Å²) in [5, 5.41) is 10.8. The standard InChI is InChI=1S/C15H22N2O2S/c1-16(2)10-13-4-3-8-17(13)11-14-12(7-9-20-14)5-6-15(18)19/h5-7,9,13H,3-4,8,10-11H2,1-2H3,(H,18,19). The molecule has 1 fully saturated rings. The average molecular weight is 294 g/mol. The number of rotatable bonds is 6. The Balaban J connectivity index is 2.02. The average Bonchev–Trinajstić information content (AvgIpc) is 2.97. The van der Waals surface area contributed by atoms with E-state index < -0.39 is 5.97 Å². The van der Waals surface area contributed by atoms with Crippen molar-refractivity contribution in [3.8, 4) is 0 Å². The molecule has 1 unspecified atom stereocenters. The first-order chi connectivity index (χ1) is 9.56. The van der Waals surface area contributed by atoms with E-state index in [0.717, 1.165) is 25.2 Å². The second-order valence-electron chi connectivity index (χ2n) is 5.50. The van der Waals surface area contributed by atoms with Gasteiger partial charge in [-0.15, -0.1) is 11.3 Å². The molecular formula is C15H22N2O2S. The maximum absolute atomic E-state index is 10.6. The van der Waals surface area contributed by atoms with Crippen molar-refractivity contribution in [3.05, 3.63) is 28.0 Å². The summed E-state index contributed by atoms with van der Waals surface area (Å²) in [6.07, 6.45) is 5.42. The normalized spacial score (nSPS) is 20.2. The number of hydrogen-bond acceptors (Lipinski definition) is 4. The van der Waals surface area contributed by atoms with E-state index in [1.165, 1.54) is 23.8 Å². The fraction of sp³-hybridized carbons (Fsp3) is 0.533. The summed E-state index contributed by atoms with van der Waals surface area (Å²) in [6, 6.07) is 2.61. The van der Waals surface area contributed by atoms with Crippen LogP contribution in [0, 0.1) is 0 Å². The Morgan fingerprint density at radius 2 is 2.40 bits per heavy atom. The minimum atomic E-state index is -0.895. The highest BCUT2D eigenvalue weighted by Gasteiger charge is 2.25. The van der Waals surface area contributed by atoms with Gasteiger partial charge in [0.05, 0.1) is 0 Å². The molecule has 0 aromatic carbocycles. The van der Waals surface area contributed by atoms with E-state index in [2.05, 4.69) is 23.9 Å². The van der Waals surface area contributed by atoms with Crippen LogP contribution in [-0.4, -0.2) is 54.1 Å². The quantitative estimate of drug-likeness (QED) is 0.818. The Labute approximate surface area is 124 Å². The van der Waals surface area contributed by atoms with Crippen molar-refractivity contribution in [1.29, 1.82) is 0 Å². The number of likely N-dealkylation sites (tertiary alicyclic amines) is 1. The highest BCUT2D eigenvalue weighted by molar-refractivity contribution is 7.10. The van der Waals surface area contributed by atoms with Gasteiger partial charge < -0.3 is 10.0 Å². The molecule has 1 N–H and O–H groups in total. The van der Waals surface area contributed by atoms with Crippen LogP contribution in [0.3, 0.4) is 0 Å². The van der Waals surface area contributed by atoms with Gasteiger partial charge in [-0.25, -0.2) is 4.79 Å². The molecule has 5 heteroatoms. The van der Waals surface area contributed by atoms with Crippen molar-refractivity contribution in [2.75, 3.05) is 27.2 Å². The molecule has 1 aromatic rings. The summed E-state index contributed by atoms with van der Waals surface area (Å²) >= 11 is 1.71. The lowest BCUT2D eigenvalue weighted by atomic mass is 10.2. The molecule has 0 amide bonds. The molecule has 1 saturated heterocycles. The van der Waals surface area contributed by atoms with Gasteiger partial charge in [0.2, 0.25) is 0 Å². The maximum atomic E-state index is 10.6. The second kappa shape index (κ2) is 7.02. The molecule has 1 aliphatic rings. The van der Waals surface area contributed by atoms with E-state index in [9.17, 15) is 4.79 Å². The third kappa shape index (κ3) is 4.16. The van der Waals surface area contributed by atoms with E-state index in [-0.39, 0.29) is 0 Å². The molecule has 0 bridgehead atoms. The number of carboxylic acid groups (broad SMARTS) is 1. The molecule has 0 spiro atoms. The zero-order valence-electron chi connectivity index (χ0n) is 12.1. The molecule has 1 atom stereocenters. The van der Waals surface area contributed by atoms with Crippen LogP contribution in [0.25, 0.3) is 6.08 Å². The summed E-state index contributed by atoms with van der Waals surface area (Å²) in [4.78, 5) is 16.6. The summed E-state index contributed by atoms with van der Waals surface area (Å²) in [5.74, 6) is -0.895. The van der Waals surface area contributed by atoms with Crippen LogP contribution in [0.1, 0.15) is 23.3 Å². The zero-order chi connectivity index (χ0) is 14.5. The van der Waals surface area contributed by atoms with Crippen LogP contribution in [0.2, 0.25) is 0 Å². The number of hydrogen-bond donors (Lipinski definition) is 1. The summed E-state index contributed by atoms with van der Waals surface area (Å²) in [7, 11) is 4.23. The lowest BCUT2D eigenvalue weighted by Gasteiger charge is -2.26. The molecule has 2 rings (SSSR count). The van der Waals surface area contributed by atoms with Crippen molar-refractivity contribution < 1.29 is 9.90 Å². The zero-order valence-corrected chi connectivity index (χ0v) is 12.9. The summed E-state index contributed by atoms with van der Waals surface area (Å²) in [6.45, 7) is 3.15. The Bertz CT molecular complexity index is 482. The van der Waals surface area contributed by atoms with E-state index in [1.807, 2.05) is 11.4 Å². The number of nitrogens with zero attached hydrogens (tertiary/aromatic N) is 2. The minimum absolute atomic E-state index is 0.614. The first-order valence-corrected chi connectivity index (χ1v) is 7.80. The third-order valence-corrected chi connectivity index (χ3v) is 4.53. The number of carbonyl (C=O) groups is 1. The van der Waals surface area contributed by atoms with E-state index in [0.29, 0.717) is 6.04 Å². The predicted molar refractivity (Wildman–Crippen MR) is 83.0 cm³/mol. The number of thiophene rings is 1. The lowest BCUT2D eigenvalue weighted by Crippen LogP contribution is -2.36. The van der Waals surface area contributed by atoms with Crippen molar-refractivity contribution in [3.63, 3.8) is 0 Å². The maximum Gasteiger partial charge on any atom is 0.328 e. The molecule has 0 aliphatic carbocycles. The number of likely N-dealkylation sites (N-methyl/N-ethyl adjacent to an activating group) is 1. The molecule has 0 saturated carbocycles. The monoisotopic (exact) mass is 294 g/mol. The largest absolute Gasteiger partial charge is 0.478 e. The molecule has 0 radical (unpaired) electrons. The Kier molecular flexibility index (Phi) is 5.34. The van der Waals surface area contributed by atoms with E-state index in [1.54, 1.807) is 17.4 Å². The van der Waals surface area contributed by atoms with Gasteiger partial charge in [0.15, 0.2) is 0 Å². The fourth-order valence-corrected chi connectivity index (χ4v) is 3.60. The van der Waals surface area contributed by atoms with Crippen molar-refractivity contribution >= 4 is 23.4 Å². The molecular weight excluding hydrogens is 272 g/mol. The van der Waals surface area contributed by atoms with Crippen LogP contribution in [-0.2, 0) is 11.3 Å². The summed E-state index contributed by atoms with van der Waals surface area (Å²) < 4.78 is 0. The Hall–Kier alpha value is -1.17. The Morgan fingerprint density at radius 1 is 1.60 bits per heavy atom. The number of carboxylic acids is 1. The van der Waals surface area contributed by atoms with Gasteiger partial charge in [-0.3, -0.25) is 4.90 Å². The minimum Gasteiger partial charge on any atom is -0.478 e. The van der Waals surface area contributed by atoms with Gasteiger partial charge in [0, 0.05) is 30.1 Å². The molecule has 20 heavy (non-hydrogen) atoms. The van der Waals surface area contributed by atoms with Gasteiger partial charge in [-0.2, -0.15) is 0 Å². The second-order valence-corrected chi connectivity index (χ2v) is 6.50. The van der Waals surface area contributed by atoms with Crippen LogP contribution in [0.4, 0.5) is 0 Å². The third-order valence-electron chi connectivity index (χ3n) is 3.61. The van der Waals surface area contributed by atoms with Gasteiger partial charge in [0.25, 0.3) is 0 Å². The highest BCUT2D eigenvalue weighted by atomic mass is 32.1. The topological polar surface area (TPSA) is 43.8 Å². The van der Waals surface area contributed by atoms with Crippen molar-refractivity contribution in [1.82, 2.24) is 9.80 Å². The van der Waals surface area contributed by atoms with Gasteiger partial charge in [0.1, 0.15) is 0 Å². The van der Waals surface area contributed by atoms with Gasteiger partial charge >= 0.3 is 5.97 Å². The lowest BCUT2D eigenvalue weighted by molar-refractivity contribution is -0.131. The van der Waals surface area contributed by atoms with Gasteiger partial charge in [-0.1, -0.05) is 0 Å². The number of aliphatic carboxylic acids is 1. The van der Waals surface area contributed by atoms with E-state index >= 15 is 0 Å². The fourth-order valence-electron chi connectivity index (χ4n) is 2.70. The first kappa shape index (κ1) is 15.2. The van der Waals surface area contributed by atoms with Crippen LogP contribution < -0.4 is 0 Å². The predicted octanol–water partition coefficient (Wildman–Crippen LogP) is 2.37. The van der Waals surface area contributed by atoms with Crippen LogP contribution >= 0.6 is 11.3 Å². The van der Waals surface area contributed by atoms with Crippen molar-refractivity contribution in [2.45, 2.75) is 25.4 Å². The van der Waals surface area contributed by atoms with E-state index in [4.69, 9.17) is 5.11 Å². The SMILES string of the molecule is CN(C)CC1CCCN1Cc1sccc1C=CC(=O)O. The highest BCUT2D eigenvalue weighted by Crippen LogP contribution is 2.25. The van der Waals surface area contributed by atoms with Crippen LogP contribution in [0.5, 0.6) is 0 Å². The van der Waals surface area contributed by atoms with Crippen molar-refractivity contribution in [2.24, 2.45) is 0 Å². The molecule has 1 aromatic heterocycles. The molecule has 2 heterocycles. The first-order valence-electron chi connectivity index (χ1n) is 6.92. The van der Waals surface area contributed by atoms with Gasteiger partial charge in [-0.05, 0) is 56.6 Å². The molecule has 4 nitrogen and oxygen atoms in total. The Morgan fingerprint density at radius 3 is 3.10 bits per heavy atom. The van der Waals surface area contributed by atoms with Crippen LogP contribution in [0.15, 0.2) is 17.5 Å². The molecule has 1 aliphatic heterocycles. The molecule has 110 valence electrons. The summed E-state index contributed by atoms with van der Waals surface area (Å²) in [5.41, 5.74) is 1.04. The smallest absolute Gasteiger partial charge is 0.328 e.